The number of carbonyl (C=O) groups is 2. The highest BCUT2D eigenvalue weighted by Crippen LogP contribution is 2.26. The van der Waals surface area contributed by atoms with Gasteiger partial charge in [0.05, 0.1) is 11.7 Å². The van der Waals surface area contributed by atoms with Gasteiger partial charge in [-0.3, -0.25) is 4.79 Å². The second kappa shape index (κ2) is 6.79. The van der Waals surface area contributed by atoms with Gasteiger partial charge in [0.2, 0.25) is 5.91 Å². The van der Waals surface area contributed by atoms with Crippen molar-refractivity contribution < 1.29 is 14.7 Å². The van der Waals surface area contributed by atoms with Crippen LogP contribution in [0.1, 0.15) is 31.9 Å². The highest BCUT2D eigenvalue weighted by molar-refractivity contribution is 8.00. The van der Waals surface area contributed by atoms with Crippen LogP contribution in [0.5, 0.6) is 0 Å². The summed E-state index contributed by atoms with van der Waals surface area (Å²) in [6.07, 6.45) is 0. The molecule has 0 spiro atoms. The van der Waals surface area contributed by atoms with Crippen molar-refractivity contribution in [1.29, 1.82) is 0 Å². The van der Waals surface area contributed by atoms with Gasteiger partial charge >= 0.3 is 0 Å². The first-order valence-electron chi connectivity index (χ1n) is 6.38. The Balaban J connectivity index is 2.65. The second-order valence-electron chi connectivity index (χ2n) is 5.69. The Kier molecular flexibility index (Phi) is 5.62. The number of hydrogen-bond acceptors (Lipinski definition) is 4. The minimum absolute atomic E-state index is 0.0671. The van der Waals surface area contributed by atoms with Gasteiger partial charge in [-0.15, -0.1) is 11.8 Å². The molecule has 0 aliphatic carbocycles. The molecule has 4 nitrogen and oxygen atoms in total. The molecule has 0 saturated heterocycles. The largest absolute Gasteiger partial charge is 0.549 e. The molecule has 0 aliphatic rings. The van der Waals surface area contributed by atoms with Gasteiger partial charge in [0.25, 0.3) is 0 Å². The first kappa shape index (κ1) is 16.6. The smallest absolute Gasteiger partial charge is 0.234 e. The van der Waals surface area contributed by atoms with Gasteiger partial charge in [0.15, 0.2) is 0 Å². The van der Waals surface area contributed by atoms with E-state index in [-0.39, 0.29) is 22.8 Å². The van der Waals surface area contributed by atoms with Crippen LogP contribution in [-0.2, 0) is 15.0 Å². The predicted octanol–water partition coefficient (Wildman–Crippen LogP) is 1.71. The van der Waals surface area contributed by atoms with Crippen LogP contribution in [0.15, 0.2) is 18.2 Å². The number of carbonyl (C=O) groups excluding carboxylic acids is 2. The number of anilines is 1. The van der Waals surface area contributed by atoms with Gasteiger partial charge in [0.1, 0.15) is 0 Å². The number of thioether (sulfide) groups is 1. The number of carboxylic acid groups (broad SMARTS) is 1. The van der Waals surface area contributed by atoms with Crippen LogP contribution in [0.2, 0.25) is 0 Å². The maximum absolute atomic E-state index is 11.7. The van der Waals surface area contributed by atoms with E-state index in [4.69, 9.17) is 0 Å². The van der Waals surface area contributed by atoms with Crippen LogP contribution in [-0.4, -0.2) is 23.4 Å². The molecule has 1 aromatic rings. The Morgan fingerprint density at radius 2 is 1.90 bits per heavy atom. The van der Waals surface area contributed by atoms with E-state index < -0.39 is 5.97 Å². The molecule has 0 saturated carbocycles. The first-order valence-corrected chi connectivity index (χ1v) is 7.54. The second-order valence-corrected chi connectivity index (χ2v) is 6.68. The van der Waals surface area contributed by atoms with Crippen LogP contribution in [0.25, 0.3) is 0 Å². The van der Waals surface area contributed by atoms with E-state index in [2.05, 4.69) is 32.2 Å². The minimum atomic E-state index is -1.16. The predicted molar refractivity (Wildman–Crippen MR) is 80.8 cm³/mol. The number of hydrogen-bond donors (Lipinski definition) is 1. The van der Waals surface area contributed by atoms with Gasteiger partial charge in [0, 0.05) is 11.4 Å². The normalized spacial score (nSPS) is 11.2. The van der Waals surface area contributed by atoms with Gasteiger partial charge in [-0.2, -0.15) is 0 Å². The monoisotopic (exact) mass is 294 g/mol. The van der Waals surface area contributed by atoms with Crippen molar-refractivity contribution >= 4 is 29.3 Å². The Hall–Kier alpha value is -1.49. The third kappa shape index (κ3) is 5.25. The van der Waals surface area contributed by atoms with Crippen molar-refractivity contribution in [3.05, 3.63) is 29.3 Å². The number of aryl methyl sites for hydroxylation is 1. The molecule has 0 atom stereocenters. The van der Waals surface area contributed by atoms with Crippen LogP contribution in [0, 0.1) is 6.92 Å². The Bertz CT molecular complexity index is 506. The molecule has 1 N–H and O–H groups in total. The summed E-state index contributed by atoms with van der Waals surface area (Å²) in [5.41, 5.74) is 3.03. The van der Waals surface area contributed by atoms with E-state index >= 15 is 0 Å². The van der Waals surface area contributed by atoms with Crippen LogP contribution in [0.3, 0.4) is 0 Å². The topological polar surface area (TPSA) is 69.2 Å². The summed E-state index contributed by atoms with van der Waals surface area (Å²) in [7, 11) is 0. The third-order valence-corrected chi connectivity index (χ3v) is 3.73. The number of nitrogens with one attached hydrogen (secondary N) is 1. The van der Waals surface area contributed by atoms with Gasteiger partial charge in [-0.25, -0.2) is 0 Å². The number of amides is 1. The highest BCUT2D eigenvalue weighted by atomic mass is 32.2. The molecular formula is C15H20NO3S-. The molecule has 0 aromatic heterocycles. The van der Waals surface area contributed by atoms with E-state index in [1.165, 1.54) is 5.56 Å². The quantitative estimate of drug-likeness (QED) is 0.897. The summed E-state index contributed by atoms with van der Waals surface area (Å²) in [5, 5.41) is 13.1. The molecule has 0 fully saturated rings. The molecule has 1 aromatic carbocycles. The van der Waals surface area contributed by atoms with Gasteiger partial charge in [-0.05, 0) is 29.5 Å². The SMILES string of the molecule is Cc1cc(C(C)(C)C)ccc1NC(=O)CSCC(=O)[O-]. The molecule has 0 unspecified atom stereocenters. The minimum Gasteiger partial charge on any atom is -0.549 e. The lowest BCUT2D eigenvalue weighted by Gasteiger charge is -2.20. The summed E-state index contributed by atoms with van der Waals surface area (Å²) < 4.78 is 0. The summed E-state index contributed by atoms with van der Waals surface area (Å²) in [6.45, 7) is 8.35. The standard InChI is InChI=1S/C15H21NO3S/c1-10-7-11(15(2,3)4)5-6-12(10)16-13(17)8-20-9-14(18)19/h5-7H,8-9H2,1-4H3,(H,16,17)(H,18,19)/p-1. The summed E-state index contributed by atoms with van der Waals surface area (Å²) in [5.74, 6) is -1.43. The lowest BCUT2D eigenvalue weighted by Crippen LogP contribution is -2.25. The molecule has 110 valence electrons. The average Bonchev–Trinajstić information content (AvgIpc) is 2.29. The molecule has 5 heteroatoms. The Morgan fingerprint density at radius 1 is 1.25 bits per heavy atom. The molecule has 0 aliphatic heterocycles. The zero-order chi connectivity index (χ0) is 15.3. The van der Waals surface area contributed by atoms with Crippen molar-refractivity contribution in [1.82, 2.24) is 0 Å². The van der Waals surface area contributed by atoms with Crippen molar-refractivity contribution in [2.75, 3.05) is 16.8 Å². The zero-order valence-electron chi connectivity index (χ0n) is 12.3. The fourth-order valence-electron chi connectivity index (χ4n) is 1.68. The number of benzene rings is 1. The number of aliphatic carboxylic acids is 1. The lowest BCUT2D eigenvalue weighted by molar-refractivity contribution is -0.301. The number of rotatable bonds is 5. The highest BCUT2D eigenvalue weighted by Gasteiger charge is 2.14. The lowest BCUT2D eigenvalue weighted by atomic mass is 9.86. The fraction of sp³-hybridized carbons (Fsp3) is 0.467. The molecule has 1 rings (SSSR count). The summed E-state index contributed by atoms with van der Waals surface area (Å²) >= 11 is 1.03. The molecule has 0 radical (unpaired) electrons. The van der Waals surface area contributed by atoms with Crippen molar-refractivity contribution in [3.63, 3.8) is 0 Å². The van der Waals surface area contributed by atoms with Gasteiger partial charge < -0.3 is 15.2 Å². The maximum Gasteiger partial charge on any atom is 0.234 e. The van der Waals surface area contributed by atoms with E-state index in [0.29, 0.717) is 0 Å². The Morgan fingerprint density at radius 3 is 2.40 bits per heavy atom. The summed E-state index contributed by atoms with van der Waals surface area (Å²) in [6, 6.07) is 5.94. The van der Waals surface area contributed by atoms with E-state index in [0.717, 1.165) is 23.0 Å². The third-order valence-electron chi connectivity index (χ3n) is 2.82. The average molecular weight is 294 g/mol. The fourth-order valence-corrected chi connectivity index (χ4v) is 2.21. The van der Waals surface area contributed by atoms with Crippen molar-refractivity contribution in [3.8, 4) is 0 Å². The first-order chi connectivity index (χ1) is 9.20. The Labute approximate surface area is 124 Å². The van der Waals surface area contributed by atoms with Gasteiger partial charge in [-0.1, -0.05) is 32.9 Å². The molecule has 0 bridgehead atoms. The molecule has 0 heterocycles. The van der Waals surface area contributed by atoms with Crippen molar-refractivity contribution in [2.45, 2.75) is 33.1 Å². The van der Waals surface area contributed by atoms with Crippen molar-refractivity contribution in [2.24, 2.45) is 0 Å². The van der Waals surface area contributed by atoms with E-state index in [1.54, 1.807) is 0 Å². The van der Waals surface area contributed by atoms with E-state index in [1.807, 2.05) is 19.1 Å². The summed E-state index contributed by atoms with van der Waals surface area (Å²) in [4.78, 5) is 21.9. The zero-order valence-corrected chi connectivity index (χ0v) is 13.1. The molecule has 1 amide bonds. The van der Waals surface area contributed by atoms with Crippen LogP contribution in [0.4, 0.5) is 5.69 Å². The molecular weight excluding hydrogens is 274 g/mol. The van der Waals surface area contributed by atoms with Crippen LogP contribution < -0.4 is 10.4 Å². The van der Waals surface area contributed by atoms with Crippen LogP contribution >= 0.6 is 11.8 Å². The maximum atomic E-state index is 11.7. The molecule has 20 heavy (non-hydrogen) atoms. The van der Waals surface area contributed by atoms with E-state index in [9.17, 15) is 14.7 Å². The number of carboxylic acids is 1.